The Morgan fingerprint density at radius 3 is 2.60 bits per heavy atom. The second-order valence-corrected chi connectivity index (χ2v) is 6.10. The molecule has 1 N–H and O–H groups in total. The highest BCUT2D eigenvalue weighted by molar-refractivity contribution is 6.04. The van der Waals surface area contributed by atoms with Gasteiger partial charge in [-0.2, -0.15) is 13.2 Å². The topological polar surface area (TPSA) is 45.2 Å². The molecule has 25 heavy (non-hydrogen) atoms. The van der Waals surface area contributed by atoms with Gasteiger partial charge in [0.1, 0.15) is 0 Å². The highest BCUT2D eigenvalue weighted by Gasteiger charge is 2.31. The zero-order chi connectivity index (χ0) is 17.9. The van der Waals surface area contributed by atoms with E-state index in [1.807, 2.05) is 0 Å². The van der Waals surface area contributed by atoms with E-state index in [1.54, 1.807) is 18.2 Å². The zero-order valence-corrected chi connectivity index (χ0v) is 13.5. The Morgan fingerprint density at radius 2 is 1.96 bits per heavy atom. The molecule has 0 radical (unpaired) electrons. The maximum absolute atomic E-state index is 13.2. The maximum atomic E-state index is 13.2. The molecular weight excluding hydrogens is 331 g/mol. The molecule has 2 aromatic rings. The van der Waals surface area contributed by atoms with Gasteiger partial charge in [0.25, 0.3) is 5.91 Å². The summed E-state index contributed by atoms with van der Waals surface area (Å²) in [6.45, 7) is 2.21. The smallest absolute Gasteiger partial charge is 0.322 e. The number of nitrogens with zero attached hydrogens (tertiary/aromatic N) is 2. The van der Waals surface area contributed by atoms with Crippen LogP contribution in [0, 0.1) is 0 Å². The molecule has 2 heterocycles. The van der Waals surface area contributed by atoms with Crippen LogP contribution >= 0.6 is 0 Å². The normalized spacial score (nSPS) is 15.3. The first kappa shape index (κ1) is 17.4. The quantitative estimate of drug-likeness (QED) is 0.909. The fourth-order valence-corrected chi connectivity index (χ4v) is 2.92. The number of halogens is 3. The minimum absolute atomic E-state index is 0.137. The van der Waals surface area contributed by atoms with Crippen LogP contribution in [-0.4, -0.2) is 28.9 Å². The predicted molar refractivity (Wildman–Crippen MR) is 88.1 cm³/mol. The first-order valence-electron chi connectivity index (χ1n) is 8.07. The van der Waals surface area contributed by atoms with Crippen molar-refractivity contribution in [2.75, 3.05) is 18.4 Å². The second kappa shape index (κ2) is 7.23. The van der Waals surface area contributed by atoms with Crippen LogP contribution in [0.15, 0.2) is 42.7 Å². The van der Waals surface area contributed by atoms with Crippen molar-refractivity contribution in [2.45, 2.75) is 25.6 Å². The largest absolute Gasteiger partial charge is 0.416 e. The van der Waals surface area contributed by atoms with Gasteiger partial charge in [-0.1, -0.05) is 0 Å². The molecule has 1 fully saturated rings. The summed E-state index contributed by atoms with van der Waals surface area (Å²) in [6.07, 6.45) is 0.547. The van der Waals surface area contributed by atoms with E-state index in [4.69, 9.17) is 0 Å². The molecule has 4 nitrogen and oxygen atoms in total. The molecule has 0 bridgehead atoms. The van der Waals surface area contributed by atoms with Gasteiger partial charge in [0.05, 0.1) is 11.1 Å². The highest BCUT2D eigenvalue weighted by atomic mass is 19.4. The molecule has 1 aromatic heterocycles. The molecule has 3 rings (SSSR count). The number of rotatable bonds is 4. The number of pyridine rings is 1. The van der Waals surface area contributed by atoms with Crippen molar-refractivity contribution in [3.8, 4) is 0 Å². The Hall–Kier alpha value is -2.41. The maximum Gasteiger partial charge on any atom is 0.416 e. The molecule has 7 heteroatoms. The zero-order valence-electron chi connectivity index (χ0n) is 13.5. The van der Waals surface area contributed by atoms with Crippen molar-refractivity contribution >= 4 is 11.6 Å². The summed E-state index contributed by atoms with van der Waals surface area (Å²) in [4.78, 5) is 18.1. The summed E-state index contributed by atoms with van der Waals surface area (Å²) in [5.74, 6) is -0.487. The lowest BCUT2D eigenvalue weighted by atomic mass is 10.1. The number of aromatic nitrogens is 1. The minimum atomic E-state index is -4.46. The molecule has 0 aliphatic carbocycles. The Bertz CT molecular complexity index is 741. The number of hydrogen-bond acceptors (Lipinski definition) is 3. The van der Waals surface area contributed by atoms with Gasteiger partial charge in [-0.25, -0.2) is 0 Å². The van der Waals surface area contributed by atoms with Crippen LogP contribution < -0.4 is 5.32 Å². The average Bonchev–Trinajstić information content (AvgIpc) is 3.07. The molecule has 1 aliphatic rings. The van der Waals surface area contributed by atoms with E-state index in [2.05, 4.69) is 15.2 Å². The minimum Gasteiger partial charge on any atom is -0.322 e. The van der Waals surface area contributed by atoms with Gasteiger partial charge in [-0.05, 0) is 61.8 Å². The number of alkyl halides is 3. The van der Waals surface area contributed by atoms with E-state index < -0.39 is 17.6 Å². The number of anilines is 1. The van der Waals surface area contributed by atoms with E-state index >= 15 is 0 Å². The number of amides is 1. The number of carbonyl (C=O) groups excluding carboxylic acids is 1. The molecule has 0 atom stereocenters. The average molecular weight is 349 g/mol. The van der Waals surface area contributed by atoms with Crippen molar-refractivity contribution in [1.29, 1.82) is 0 Å². The lowest BCUT2D eigenvalue weighted by Crippen LogP contribution is -2.19. The van der Waals surface area contributed by atoms with Crippen molar-refractivity contribution < 1.29 is 18.0 Å². The summed E-state index contributed by atoms with van der Waals surface area (Å²) >= 11 is 0. The van der Waals surface area contributed by atoms with Gasteiger partial charge in [-0.15, -0.1) is 0 Å². The van der Waals surface area contributed by atoms with Gasteiger partial charge in [-0.3, -0.25) is 14.7 Å². The van der Waals surface area contributed by atoms with Gasteiger partial charge in [0, 0.05) is 24.6 Å². The van der Waals surface area contributed by atoms with Crippen LogP contribution in [0.5, 0.6) is 0 Å². The summed E-state index contributed by atoms with van der Waals surface area (Å²) in [5, 5.41) is 2.54. The van der Waals surface area contributed by atoms with Gasteiger partial charge < -0.3 is 5.32 Å². The van der Waals surface area contributed by atoms with Crippen LogP contribution in [0.2, 0.25) is 0 Å². The fraction of sp³-hybridized carbons (Fsp3) is 0.333. The fourth-order valence-electron chi connectivity index (χ4n) is 2.92. The molecule has 0 unspecified atom stereocenters. The summed E-state index contributed by atoms with van der Waals surface area (Å²) < 4.78 is 39.6. The Labute approximate surface area is 143 Å². The number of hydrogen-bond donors (Lipinski definition) is 1. The van der Waals surface area contributed by atoms with Crippen LogP contribution in [0.1, 0.15) is 34.3 Å². The van der Waals surface area contributed by atoms with E-state index in [0.717, 1.165) is 38.1 Å². The van der Waals surface area contributed by atoms with E-state index in [9.17, 15) is 18.0 Å². The van der Waals surface area contributed by atoms with Crippen LogP contribution in [0.3, 0.4) is 0 Å². The van der Waals surface area contributed by atoms with E-state index in [-0.39, 0.29) is 5.69 Å². The molecule has 1 aliphatic heterocycles. The van der Waals surface area contributed by atoms with Crippen molar-refractivity contribution in [2.24, 2.45) is 0 Å². The Kier molecular flexibility index (Phi) is 5.03. The molecule has 0 saturated carbocycles. The molecule has 0 spiro atoms. The molecule has 132 valence electrons. The number of nitrogens with one attached hydrogen (secondary N) is 1. The lowest BCUT2D eigenvalue weighted by molar-refractivity contribution is -0.137. The van der Waals surface area contributed by atoms with Gasteiger partial charge >= 0.3 is 6.18 Å². The van der Waals surface area contributed by atoms with E-state index in [0.29, 0.717) is 17.7 Å². The van der Waals surface area contributed by atoms with Gasteiger partial charge in [0.15, 0.2) is 0 Å². The number of carbonyl (C=O) groups is 1. The van der Waals surface area contributed by atoms with Crippen LogP contribution in [0.25, 0.3) is 0 Å². The molecule has 1 aromatic carbocycles. The lowest BCUT2D eigenvalue weighted by Gasteiger charge is -2.18. The third kappa shape index (κ3) is 4.57. The predicted octanol–water partition coefficient (Wildman–Crippen LogP) is 3.95. The third-order valence-corrected chi connectivity index (χ3v) is 4.11. The highest BCUT2D eigenvalue weighted by Crippen LogP contribution is 2.32. The van der Waals surface area contributed by atoms with Crippen molar-refractivity contribution in [1.82, 2.24) is 9.88 Å². The standard InChI is InChI=1S/C18H18F3N3O/c19-18(20,21)15-8-13(12-24-6-1-2-7-24)9-16(10-15)23-17(25)14-4-3-5-22-11-14/h3-5,8-11H,1-2,6-7,12H2,(H,23,25). The first-order valence-corrected chi connectivity index (χ1v) is 8.07. The molecule has 1 saturated heterocycles. The third-order valence-electron chi connectivity index (χ3n) is 4.11. The monoisotopic (exact) mass is 349 g/mol. The summed E-state index contributed by atoms with van der Waals surface area (Å²) in [6, 6.07) is 6.86. The van der Waals surface area contributed by atoms with Crippen molar-refractivity contribution in [3.63, 3.8) is 0 Å². The SMILES string of the molecule is O=C(Nc1cc(CN2CCCC2)cc(C(F)(F)F)c1)c1cccnc1. The Morgan fingerprint density at radius 1 is 1.20 bits per heavy atom. The second-order valence-electron chi connectivity index (χ2n) is 6.10. The number of likely N-dealkylation sites (tertiary alicyclic amines) is 1. The van der Waals surface area contributed by atoms with Crippen molar-refractivity contribution in [3.05, 3.63) is 59.4 Å². The van der Waals surface area contributed by atoms with Crippen LogP contribution in [-0.2, 0) is 12.7 Å². The number of benzene rings is 1. The summed E-state index contributed by atoms with van der Waals surface area (Å²) in [7, 11) is 0. The Balaban J connectivity index is 1.85. The first-order chi connectivity index (χ1) is 11.9. The molecule has 1 amide bonds. The summed E-state index contributed by atoms with van der Waals surface area (Å²) in [5.41, 5.74) is 0.211. The molecular formula is C18H18F3N3O. The van der Waals surface area contributed by atoms with Crippen LogP contribution in [0.4, 0.5) is 18.9 Å². The van der Waals surface area contributed by atoms with E-state index in [1.165, 1.54) is 12.4 Å². The van der Waals surface area contributed by atoms with Gasteiger partial charge in [0.2, 0.25) is 0 Å².